The molecule has 3 rings (SSSR count). The van der Waals surface area contributed by atoms with Crippen molar-refractivity contribution < 1.29 is 13.8 Å². The predicted molar refractivity (Wildman–Crippen MR) is 77.1 cm³/mol. The van der Waals surface area contributed by atoms with Gasteiger partial charge in [-0.15, -0.1) is 0 Å². The van der Waals surface area contributed by atoms with Crippen molar-refractivity contribution in [2.45, 2.75) is 71.0 Å². The zero-order chi connectivity index (χ0) is 15.4. The van der Waals surface area contributed by atoms with Gasteiger partial charge in [0, 0.05) is 6.92 Å². The normalized spacial score (nSPS) is 17.7. The van der Waals surface area contributed by atoms with Gasteiger partial charge in [0.15, 0.2) is 11.6 Å². The van der Waals surface area contributed by atoms with E-state index in [1.807, 2.05) is 0 Å². The summed E-state index contributed by atoms with van der Waals surface area (Å²) in [5.41, 5.74) is 0. The van der Waals surface area contributed by atoms with Crippen molar-refractivity contribution in [2.24, 2.45) is 0 Å². The molecule has 1 unspecified atom stereocenters. The first-order chi connectivity index (χ1) is 10.7. The van der Waals surface area contributed by atoms with Crippen LogP contribution in [0.3, 0.4) is 0 Å². The van der Waals surface area contributed by atoms with Crippen LogP contribution in [0.25, 0.3) is 0 Å². The number of rotatable bonds is 6. The van der Waals surface area contributed by atoms with E-state index in [2.05, 4.69) is 27.2 Å². The van der Waals surface area contributed by atoms with Crippen LogP contribution in [0.4, 0.5) is 0 Å². The predicted octanol–water partition coefficient (Wildman–Crippen LogP) is 3.15. The molecule has 0 aliphatic heterocycles. The van der Waals surface area contributed by atoms with Crippen molar-refractivity contribution in [1.29, 1.82) is 0 Å². The molecule has 1 saturated carbocycles. The lowest BCUT2D eigenvalue weighted by molar-refractivity contribution is -0.0468. The van der Waals surface area contributed by atoms with Crippen LogP contribution in [-0.2, 0) is 11.2 Å². The molecule has 1 atom stereocenters. The van der Waals surface area contributed by atoms with Crippen LogP contribution in [0.1, 0.15) is 75.0 Å². The van der Waals surface area contributed by atoms with Crippen LogP contribution in [0.15, 0.2) is 9.05 Å². The van der Waals surface area contributed by atoms with Crippen LogP contribution >= 0.6 is 0 Å². The molecular weight excluding hydrogens is 284 g/mol. The van der Waals surface area contributed by atoms with Crippen molar-refractivity contribution in [2.75, 3.05) is 0 Å². The number of ether oxygens (including phenoxy) is 1. The first-order valence-corrected chi connectivity index (χ1v) is 8.01. The molecule has 0 bridgehead atoms. The molecule has 2 aromatic rings. The Hall–Kier alpha value is -1.76. The Bertz CT molecular complexity index is 589. The van der Waals surface area contributed by atoms with E-state index in [-0.39, 0.29) is 6.10 Å². The quantitative estimate of drug-likeness (QED) is 0.810. The molecule has 0 radical (unpaired) electrons. The van der Waals surface area contributed by atoms with Crippen molar-refractivity contribution in [3.63, 3.8) is 0 Å². The molecule has 2 heterocycles. The monoisotopic (exact) mass is 306 g/mol. The van der Waals surface area contributed by atoms with E-state index in [9.17, 15) is 0 Å². The molecule has 1 fully saturated rings. The maximum Gasteiger partial charge on any atom is 0.255 e. The number of hydrogen-bond donors (Lipinski definition) is 0. The molecule has 7 nitrogen and oxygen atoms in total. The zero-order valence-corrected chi connectivity index (χ0v) is 13.1. The third-order valence-corrected chi connectivity index (χ3v) is 3.92. The highest BCUT2D eigenvalue weighted by molar-refractivity contribution is 4.99. The molecule has 0 amide bonds. The third-order valence-electron chi connectivity index (χ3n) is 3.92. The summed E-state index contributed by atoms with van der Waals surface area (Å²) in [6, 6.07) is 0. The van der Waals surface area contributed by atoms with Crippen LogP contribution in [-0.4, -0.2) is 26.4 Å². The van der Waals surface area contributed by atoms with Crippen molar-refractivity contribution in [3.8, 4) is 0 Å². The number of aryl methyl sites for hydroxylation is 1. The fourth-order valence-electron chi connectivity index (χ4n) is 2.79. The summed E-state index contributed by atoms with van der Waals surface area (Å²) < 4.78 is 16.5. The zero-order valence-electron chi connectivity index (χ0n) is 13.1. The van der Waals surface area contributed by atoms with Crippen molar-refractivity contribution in [1.82, 2.24) is 20.3 Å². The molecule has 2 aromatic heterocycles. The Morgan fingerprint density at radius 3 is 2.50 bits per heavy atom. The van der Waals surface area contributed by atoms with Crippen molar-refractivity contribution >= 4 is 0 Å². The maximum atomic E-state index is 6.15. The van der Waals surface area contributed by atoms with E-state index < -0.39 is 0 Å². The smallest absolute Gasteiger partial charge is 0.255 e. The Kier molecular flexibility index (Phi) is 4.82. The lowest BCUT2D eigenvalue weighted by Gasteiger charge is -2.25. The molecule has 1 aliphatic rings. The fourth-order valence-corrected chi connectivity index (χ4v) is 2.79. The summed E-state index contributed by atoms with van der Waals surface area (Å²) >= 11 is 0. The Balaban J connectivity index is 1.62. The van der Waals surface area contributed by atoms with Crippen LogP contribution in [0.2, 0.25) is 0 Å². The van der Waals surface area contributed by atoms with E-state index in [0.29, 0.717) is 36.0 Å². The van der Waals surface area contributed by atoms with E-state index in [1.165, 1.54) is 19.3 Å². The highest BCUT2D eigenvalue weighted by Crippen LogP contribution is 2.28. The van der Waals surface area contributed by atoms with Crippen LogP contribution < -0.4 is 0 Å². The summed E-state index contributed by atoms with van der Waals surface area (Å²) in [5, 5.41) is 7.83. The van der Waals surface area contributed by atoms with Gasteiger partial charge in [-0.1, -0.05) is 36.5 Å². The van der Waals surface area contributed by atoms with E-state index >= 15 is 0 Å². The number of aromatic nitrogens is 4. The summed E-state index contributed by atoms with van der Waals surface area (Å²) in [6.45, 7) is 3.82. The maximum absolute atomic E-state index is 6.15. The SMILES string of the molecule is CCC(OC1CCCCC1)c1nc(Cc2noc(C)n2)no1. The Morgan fingerprint density at radius 2 is 1.82 bits per heavy atom. The first kappa shape index (κ1) is 15.1. The molecule has 7 heteroatoms. The fraction of sp³-hybridized carbons (Fsp3) is 0.733. The first-order valence-electron chi connectivity index (χ1n) is 8.01. The minimum atomic E-state index is -0.128. The van der Waals surface area contributed by atoms with Gasteiger partial charge in [-0.3, -0.25) is 0 Å². The molecule has 1 aliphatic carbocycles. The lowest BCUT2D eigenvalue weighted by Crippen LogP contribution is -2.19. The minimum Gasteiger partial charge on any atom is -0.365 e. The van der Waals surface area contributed by atoms with Crippen LogP contribution in [0, 0.1) is 6.92 Å². The third kappa shape index (κ3) is 3.71. The number of nitrogens with zero attached hydrogens (tertiary/aromatic N) is 4. The van der Waals surface area contributed by atoms with Gasteiger partial charge in [-0.2, -0.15) is 9.97 Å². The molecular formula is C15H22N4O3. The summed E-state index contributed by atoms with van der Waals surface area (Å²) in [7, 11) is 0. The van der Waals surface area contributed by atoms with Gasteiger partial charge >= 0.3 is 0 Å². The standard InChI is InChI=1S/C15H22N4O3/c1-3-12(20-11-7-5-4-6-8-11)15-17-14(19-22-15)9-13-16-10(2)21-18-13/h11-12H,3-9H2,1-2H3. The van der Waals surface area contributed by atoms with Gasteiger partial charge in [0.25, 0.3) is 5.89 Å². The average molecular weight is 306 g/mol. The lowest BCUT2D eigenvalue weighted by atomic mass is 9.97. The Labute approximate surface area is 129 Å². The molecule has 0 spiro atoms. The average Bonchev–Trinajstić information content (AvgIpc) is 3.15. The van der Waals surface area contributed by atoms with Gasteiger partial charge < -0.3 is 13.8 Å². The second-order valence-electron chi connectivity index (χ2n) is 5.75. The summed E-state index contributed by atoms with van der Waals surface area (Å²) in [6.07, 6.45) is 7.45. The van der Waals surface area contributed by atoms with Gasteiger partial charge in [0.05, 0.1) is 12.5 Å². The summed E-state index contributed by atoms with van der Waals surface area (Å²) in [5.74, 6) is 2.20. The largest absolute Gasteiger partial charge is 0.365 e. The molecule has 22 heavy (non-hydrogen) atoms. The second-order valence-corrected chi connectivity index (χ2v) is 5.75. The van der Waals surface area contributed by atoms with Gasteiger partial charge in [-0.05, 0) is 19.3 Å². The summed E-state index contributed by atoms with van der Waals surface area (Å²) in [4.78, 5) is 8.57. The van der Waals surface area contributed by atoms with Gasteiger partial charge in [-0.25, -0.2) is 0 Å². The molecule has 0 aromatic carbocycles. The topological polar surface area (TPSA) is 87.1 Å². The number of hydrogen-bond acceptors (Lipinski definition) is 7. The minimum absolute atomic E-state index is 0.128. The Morgan fingerprint density at radius 1 is 1.09 bits per heavy atom. The molecule has 0 saturated heterocycles. The highest BCUT2D eigenvalue weighted by Gasteiger charge is 2.24. The van der Waals surface area contributed by atoms with Gasteiger partial charge in [0.2, 0.25) is 5.89 Å². The van der Waals surface area contributed by atoms with E-state index in [4.69, 9.17) is 13.8 Å². The highest BCUT2D eigenvalue weighted by atomic mass is 16.5. The molecule has 120 valence electrons. The van der Waals surface area contributed by atoms with Gasteiger partial charge in [0.1, 0.15) is 6.10 Å². The van der Waals surface area contributed by atoms with E-state index in [0.717, 1.165) is 19.3 Å². The molecule has 0 N–H and O–H groups in total. The van der Waals surface area contributed by atoms with E-state index in [1.54, 1.807) is 6.92 Å². The second kappa shape index (κ2) is 7.00. The van der Waals surface area contributed by atoms with Crippen molar-refractivity contribution in [3.05, 3.63) is 23.4 Å². The van der Waals surface area contributed by atoms with Crippen LogP contribution in [0.5, 0.6) is 0 Å².